The molecule has 0 aromatic rings. The largest absolute Gasteiger partial charge is 0.314 e. The lowest BCUT2D eigenvalue weighted by Crippen LogP contribution is -2.29. The van der Waals surface area contributed by atoms with Gasteiger partial charge in [0.15, 0.2) is 0 Å². The number of nitrogens with one attached hydrogen (secondary N) is 1. The van der Waals surface area contributed by atoms with Gasteiger partial charge in [0.05, 0.1) is 0 Å². The Morgan fingerprint density at radius 1 is 1.75 bits per heavy atom. The van der Waals surface area contributed by atoms with Crippen LogP contribution >= 0.6 is 0 Å². The third kappa shape index (κ3) is 1.19. The van der Waals surface area contributed by atoms with Gasteiger partial charge in [-0.15, -0.1) is 0 Å². The number of halogens is 1. The van der Waals surface area contributed by atoms with E-state index in [0.29, 0.717) is 5.92 Å². The molecule has 1 nitrogen and oxygen atoms in total. The Morgan fingerprint density at radius 2 is 2.38 bits per heavy atom. The standard InChI is InChI=1S/C6H12FN/c1-8-6(4-7)5-2-3-5/h5-6,8H,2-4H2,1H3. The first kappa shape index (κ1) is 6.02. The van der Waals surface area contributed by atoms with E-state index in [1.807, 2.05) is 7.05 Å². The Bertz CT molecular complexity index is 66.9. The van der Waals surface area contributed by atoms with Gasteiger partial charge in [0.25, 0.3) is 0 Å². The second-order valence-corrected chi connectivity index (χ2v) is 2.39. The first-order valence-corrected chi connectivity index (χ1v) is 3.11. The van der Waals surface area contributed by atoms with E-state index >= 15 is 0 Å². The van der Waals surface area contributed by atoms with Crippen LogP contribution in [0.3, 0.4) is 0 Å². The van der Waals surface area contributed by atoms with E-state index in [0.717, 1.165) is 0 Å². The molecule has 1 unspecified atom stereocenters. The smallest absolute Gasteiger partial charge is 0.105 e. The van der Waals surface area contributed by atoms with Crippen LogP contribution in [0.2, 0.25) is 0 Å². The van der Waals surface area contributed by atoms with Crippen molar-refractivity contribution in [3.63, 3.8) is 0 Å². The Balaban J connectivity index is 2.15. The monoisotopic (exact) mass is 117 g/mol. The van der Waals surface area contributed by atoms with Gasteiger partial charge < -0.3 is 5.32 Å². The van der Waals surface area contributed by atoms with Crippen LogP contribution in [0.25, 0.3) is 0 Å². The van der Waals surface area contributed by atoms with Crippen molar-refractivity contribution >= 4 is 0 Å². The summed E-state index contributed by atoms with van der Waals surface area (Å²) in [4.78, 5) is 0. The Hall–Kier alpha value is -0.110. The van der Waals surface area contributed by atoms with Gasteiger partial charge in [-0.3, -0.25) is 0 Å². The zero-order valence-corrected chi connectivity index (χ0v) is 5.15. The third-order valence-corrected chi connectivity index (χ3v) is 1.73. The van der Waals surface area contributed by atoms with E-state index in [1.54, 1.807) is 0 Å². The maximum atomic E-state index is 11.9. The second-order valence-electron chi connectivity index (χ2n) is 2.39. The molecule has 0 aliphatic heterocycles. The highest BCUT2D eigenvalue weighted by Crippen LogP contribution is 2.32. The Morgan fingerprint density at radius 3 is 2.50 bits per heavy atom. The molecule has 1 atom stereocenters. The first-order valence-electron chi connectivity index (χ1n) is 3.11. The average molecular weight is 117 g/mol. The summed E-state index contributed by atoms with van der Waals surface area (Å²) in [6.45, 7) is -0.207. The molecule has 0 radical (unpaired) electrons. The highest BCUT2D eigenvalue weighted by Gasteiger charge is 2.29. The molecule has 2 heteroatoms. The van der Waals surface area contributed by atoms with E-state index in [4.69, 9.17) is 0 Å². The summed E-state index contributed by atoms with van der Waals surface area (Å²) in [5.74, 6) is 0.644. The van der Waals surface area contributed by atoms with Crippen molar-refractivity contribution in [2.75, 3.05) is 13.7 Å². The molecule has 0 spiro atoms. The van der Waals surface area contributed by atoms with Crippen molar-refractivity contribution in [3.05, 3.63) is 0 Å². The van der Waals surface area contributed by atoms with Gasteiger partial charge in [0.1, 0.15) is 6.67 Å². The van der Waals surface area contributed by atoms with E-state index in [9.17, 15) is 4.39 Å². The number of alkyl halides is 1. The molecule has 1 N–H and O–H groups in total. The van der Waals surface area contributed by atoms with Gasteiger partial charge in [-0.05, 0) is 25.8 Å². The number of hydrogen-bond acceptors (Lipinski definition) is 1. The number of rotatable bonds is 3. The van der Waals surface area contributed by atoms with E-state index in [1.165, 1.54) is 12.8 Å². The lowest BCUT2D eigenvalue weighted by Gasteiger charge is -2.08. The summed E-state index contributed by atoms with van der Waals surface area (Å²) in [5, 5.41) is 2.94. The summed E-state index contributed by atoms with van der Waals surface area (Å²) in [6.07, 6.45) is 2.44. The van der Waals surface area contributed by atoms with Gasteiger partial charge >= 0.3 is 0 Å². The Kier molecular flexibility index (Phi) is 1.84. The minimum atomic E-state index is -0.207. The Labute approximate surface area is 49.3 Å². The molecule has 0 saturated heterocycles. The van der Waals surface area contributed by atoms with Crippen molar-refractivity contribution in [2.45, 2.75) is 18.9 Å². The topological polar surface area (TPSA) is 12.0 Å². The first-order chi connectivity index (χ1) is 3.88. The third-order valence-electron chi connectivity index (χ3n) is 1.73. The fourth-order valence-electron chi connectivity index (χ4n) is 0.937. The van der Waals surface area contributed by atoms with Gasteiger partial charge in [0.2, 0.25) is 0 Å². The lowest BCUT2D eigenvalue weighted by atomic mass is 10.2. The van der Waals surface area contributed by atoms with Gasteiger partial charge in [-0.1, -0.05) is 0 Å². The van der Waals surface area contributed by atoms with Crippen LogP contribution in [0, 0.1) is 5.92 Å². The molecular formula is C6H12FN. The molecule has 8 heavy (non-hydrogen) atoms. The van der Waals surface area contributed by atoms with Crippen LogP contribution in [0.4, 0.5) is 4.39 Å². The predicted molar refractivity (Wildman–Crippen MR) is 31.5 cm³/mol. The molecule has 0 amide bonds. The van der Waals surface area contributed by atoms with Crippen LogP contribution in [0.1, 0.15) is 12.8 Å². The molecule has 1 aliphatic carbocycles. The highest BCUT2D eigenvalue weighted by molar-refractivity contribution is 4.84. The van der Waals surface area contributed by atoms with Gasteiger partial charge in [-0.2, -0.15) is 0 Å². The van der Waals surface area contributed by atoms with Crippen molar-refractivity contribution in [1.82, 2.24) is 5.32 Å². The maximum Gasteiger partial charge on any atom is 0.105 e. The van der Waals surface area contributed by atoms with Crippen LogP contribution in [0.15, 0.2) is 0 Å². The van der Waals surface area contributed by atoms with Gasteiger partial charge in [-0.25, -0.2) is 4.39 Å². The van der Waals surface area contributed by atoms with Crippen molar-refractivity contribution in [1.29, 1.82) is 0 Å². The van der Waals surface area contributed by atoms with Crippen LogP contribution in [0.5, 0.6) is 0 Å². The quantitative estimate of drug-likeness (QED) is 0.580. The van der Waals surface area contributed by atoms with Crippen LogP contribution in [-0.4, -0.2) is 19.8 Å². The van der Waals surface area contributed by atoms with Crippen molar-refractivity contribution in [2.24, 2.45) is 5.92 Å². The molecule has 0 aromatic carbocycles. The normalized spacial score (nSPS) is 23.2. The maximum absolute atomic E-state index is 11.9. The minimum Gasteiger partial charge on any atom is -0.314 e. The fourth-order valence-corrected chi connectivity index (χ4v) is 0.937. The molecule has 48 valence electrons. The summed E-state index contributed by atoms with van der Waals surface area (Å²) in [5.41, 5.74) is 0. The fraction of sp³-hybridized carbons (Fsp3) is 1.00. The van der Waals surface area contributed by atoms with Crippen molar-refractivity contribution in [3.8, 4) is 0 Å². The molecule has 1 aliphatic rings. The zero-order chi connectivity index (χ0) is 5.98. The van der Waals surface area contributed by atoms with Crippen LogP contribution in [-0.2, 0) is 0 Å². The summed E-state index contributed by atoms with van der Waals surface area (Å²) >= 11 is 0. The van der Waals surface area contributed by atoms with Crippen LogP contribution < -0.4 is 5.32 Å². The predicted octanol–water partition coefficient (Wildman–Crippen LogP) is 0.954. The second kappa shape index (κ2) is 2.44. The summed E-state index contributed by atoms with van der Waals surface area (Å²) < 4.78 is 11.9. The van der Waals surface area contributed by atoms with E-state index in [2.05, 4.69) is 5.32 Å². The van der Waals surface area contributed by atoms with Gasteiger partial charge in [0, 0.05) is 6.04 Å². The van der Waals surface area contributed by atoms with E-state index < -0.39 is 0 Å². The lowest BCUT2D eigenvalue weighted by molar-refractivity contribution is 0.363. The highest BCUT2D eigenvalue weighted by atomic mass is 19.1. The minimum absolute atomic E-state index is 0.148. The molecule has 0 aromatic heterocycles. The summed E-state index contributed by atoms with van der Waals surface area (Å²) in [7, 11) is 1.82. The SMILES string of the molecule is CNC(CF)C1CC1. The molecule has 0 bridgehead atoms. The number of hydrogen-bond donors (Lipinski definition) is 1. The molecule has 0 heterocycles. The molecule has 1 saturated carbocycles. The summed E-state index contributed by atoms with van der Waals surface area (Å²) in [6, 6.07) is 0.148. The van der Waals surface area contributed by atoms with E-state index in [-0.39, 0.29) is 12.7 Å². The van der Waals surface area contributed by atoms with Crippen molar-refractivity contribution < 1.29 is 4.39 Å². The molecular weight excluding hydrogens is 105 g/mol. The molecule has 1 rings (SSSR count). The molecule has 1 fully saturated rings. The average Bonchev–Trinajstić information content (AvgIpc) is 2.53. The zero-order valence-electron chi connectivity index (χ0n) is 5.15.